The first-order valence-corrected chi connectivity index (χ1v) is 6.51. The normalized spacial score (nSPS) is 24.8. The highest BCUT2D eigenvalue weighted by atomic mass is 19.1. The predicted octanol–water partition coefficient (Wildman–Crippen LogP) is 4.06. The second-order valence-corrected chi connectivity index (χ2v) is 5.84. The number of hydrogen-bond donors (Lipinski definition) is 1. The zero-order chi connectivity index (χ0) is 12.5. The van der Waals surface area contributed by atoms with Crippen LogP contribution in [0.1, 0.15) is 51.6 Å². The molecule has 1 unspecified atom stereocenters. The second-order valence-electron chi connectivity index (χ2n) is 5.84. The lowest BCUT2D eigenvalue weighted by Crippen LogP contribution is -2.39. The number of rotatable bonds is 3. The molecule has 0 radical (unpaired) electrons. The van der Waals surface area contributed by atoms with Gasteiger partial charge in [-0.2, -0.15) is 0 Å². The van der Waals surface area contributed by atoms with Crippen molar-refractivity contribution in [3.63, 3.8) is 0 Å². The number of nitrogens with one attached hydrogen (secondary N) is 1. The maximum atomic E-state index is 13.7. The highest BCUT2D eigenvalue weighted by Gasteiger charge is 2.35. The summed E-state index contributed by atoms with van der Waals surface area (Å²) in [4.78, 5) is 0. The molecule has 2 rings (SSSR count). The molecule has 0 amide bonds. The summed E-state index contributed by atoms with van der Waals surface area (Å²) in [5, 5.41) is 3.59. The first kappa shape index (κ1) is 12.6. The topological polar surface area (TPSA) is 12.0 Å². The Balaban J connectivity index is 2.07. The first-order chi connectivity index (χ1) is 8.00. The van der Waals surface area contributed by atoms with Gasteiger partial charge >= 0.3 is 0 Å². The summed E-state index contributed by atoms with van der Waals surface area (Å²) in [7, 11) is 0. The van der Waals surface area contributed by atoms with Crippen LogP contribution in [0.4, 0.5) is 4.39 Å². The van der Waals surface area contributed by atoms with Crippen molar-refractivity contribution in [3.8, 4) is 0 Å². The molecule has 1 N–H and O–H groups in total. The van der Waals surface area contributed by atoms with Crippen molar-refractivity contribution in [1.82, 2.24) is 5.32 Å². The maximum absolute atomic E-state index is 13.7. The number of hydrogen-bond acceptors (Lipinski definition) is 1. The van der Waals surface area contributed by atoms with Gasteiger partial charge < -0.3 is 5.32 Å². The van der Waals surface area contributed by atoms with Crippen LogP contribution >= 0.6 is 0 Å². The minimum atomic E-state index is -0.108. The van der Waals surface area contributed by atoms with Crippen molar-refractivity contribution in [2.75, 3.05) is 0 Å². The lowest BCUT2D eigenvalue weighted by atomic mass is 9.86. The van der Waals surface area contributed by atoms with E-state index in [2.05, 4.69) is 19.2 Å². The lowest BCUT2D eigenvalue weighted by Gasteiger charge is -2.31. The number of benzene rings is 1. The molecule has 1 aromatic carbocycles. The minimum absolute atomic E-state index is 0.0820. The van der Waals surface area contributed by atoms with E-state index in [0.29, 0.717) is 11.5 Å². The van der Waals surface area contributed by atoms with Crippen LogP contribution in [-0.4, -0.2) is 6.04 Å². The quantitative estimate of drug-likeness (QED) is 0.833. The summed E-state index contributed by atoms with van der Waals surface area (Å²) in [6, 6.07) is 7.62. The van der Waals surface area contributed by atoms with Gasteiger partial charge in [0.1, 0.15) is 5.82 Å². The van der Waals surface area contributed by atoms with E-state index in [1.54, 1.807) is 6.07 Å². The van der Waals surface area contributed by atoms with Crippen molar-refractivity contribution in [2.24, 2.45) is 5.41 Å². The number of halogens is 1. The van der Waals surface area contributed by atoms with E-state index in [4.69, 9.17) is 0 Å². The average molecular weight is 235 g/mol. The molecule has 1 aliphatic rings. The van der Waals surface area contributed by atoms with Crippen molar-refractivity contribution < 1.29 is 4.39 Å². The van der Waals surface area contributed by atoms with Gasteiger partial charge in [-0.05, 0) is 31.2 Å². The standard InChI is InChI=1S/C15H22FN/c1-11(12-7-4-5-8-13(12)16)17-14-9-6-10-15(14,2)3/h4-5,7-8,11,14,17H,6,9-10H2,1-3H3/t11-,14?/m1/s1. The molecule has 2 heteroatoms. The zero-order valence-corrected chi connectivity index (χ0v) is 11.0. The zero-order valence-electron chi connectivity index (χ0n) is 11.0. The third kappa shape index (κ3) is 2.68. The lowest BCUT2D eigenvalue weighted by molar-refractivity contribution is 0.265. The van der Waals surface area contributed by atoms with E-state index < -0.39 is 0 Å². The third-order valence-electron chi connectivity index (χ3n) is 4.08. The first-order valence-electron chi connectivity index (χ1n) is 6.51. The summed E-state index contributed by atoms with van der Waals surface area (Å²) >= 11 is 0. The van der Waals surface area contributed by atoms with Crippen LogP contribution in [0, 0.1) is 11.2 Å². The molecule has 1 aliphatic carbocycles. The monoisotopic (exact) mass is 235 g/mol. The molecule has 0 heterocycles. The Kier molecular flexibility index (Phi) is 3.53. The van der Waals surface area contributed by atoms with Crippen molar-refractivity contribution in [2.45, 2.75) is 52.1 Å². The molecule has 1 nitrogen and oxygen atoms in total. The summed E-state index contributed by atoms with van der Waals surface area (Å²) in [5.41, 5.74) is 1.11. The van der Waals surface area contributed by atoms with Gasteiger partial charge in [-0.3, -0.25) is 0 Å². The minimum Gasteiger partial charge on any atom is -0.307 e. The van der Waals surface area contributed by atoms with Gasteiger partial charge in [-0.25, -0.2) is 4.39 Å². The fourth-order valence-electron chi connectivity index (χ4n) is 2.85. The van der Waals surface area contributed by atoms with Crippen molar-refractivity contribution in [3.05, 3.63) is 35.6 Å². The van der Waals surface area contributed by atoms with E-state index in [-0.39, 0.29) is 11.9 Å². The van der Waals surface area contributed by atoms with Gasteiger partial charge in [0, 0.05) is 17.6 Å². The summed E-state index contributed by atoms with van der Waals surface area (Å²) < 4.78 is 13.7. The molecule has 0 bridgehead atoms. The summed E-state index contributed by atoms with van der Waals surface area (Å²) in [5.74, 6) is -0.108. The Bertz CT molecular complexity index is 386. The van der Waals surface area contributed by atoms with Gasteiger partial charge in [0.2, 0.25) is 0 Å². The molecule has 1 aromatic rings. The Morgan fingerprint density at radius 2 is 2.06 bits per heavy atom. The van der Waals surface area contributed by atoms with Crippen LogP contribution in [0.3, 0.4) is 0 Å². The van der Waals surface area contributed by atoms with Crippen molar-refractivity contribution >= 4 is 0 Å². The Morgan fingerprint density at radius 3 is 2.65 bits per heavy atom. The van der Waals surface area contributed by atoms with Gasteiger partial charge in [0.25, 0.3) is 0 Å². The van der Waals surface area contributed by atoms with Crippen LogP contribution in [0.15, 0.2) is 24.3 Å². The van der Waals surface area contributed by atoms with Crippen LogP contribution in [0.2, 0.25) is 0 Å². The molecule has 0 saturated heterocycles. The third-order valence-corrected chi connectivity index (χ3v) is 4.08. The van der Waals surface area contributed by atoms with E-state index >= 15 is 0 Å². The largest absolute Gasteiger partial charge is 0.307 e. The van der Waals surface area contributed by atoms with Crippen LogP contribution in [-0.2, 0) is 0 Å². The van der Waals surface area contributed by atoms with E-state index in [0.717, 1.165) is 5.56 Å². The second kappa shape index (κ2) is 4.77. The Labute approximate surface area is 103 Å². The van der Waals surface area contributed by atoms with Gasteiger partial charge in [-0.15, -0.1) is 0 Å². The summed E-state index contributed by atoms with van der Waals surface area (Å²) in [6.45, 7) is 6.64. The molecule has 94 valence electrons. The SMILES string of the molecule is C[C@@H](NC1CCCC1(C)C)c1ccccc1F. The molecule has 0 spiro atoms. The summed E-state index contributed by atoms with van der Waals surface area (Å²) in [6.07, 6.45) is 3.73. The van der Waals surface area contributed by atoms with E-state index in [1.807, 2.05) is 19.1 Å². The molecule has 0 aromatic heterocycles. The molecule has 1 saturated carbocycles. The fourth-order valence-corrected chi connectivity index (χ4v) is 2.85. The van der Waals surface area contributed by atoms with Gasteiger partial charge in [-0.1, -0.05) is 38.5 Å². The average Bonchev–Trinajstić information content (AvgIpc) is 2.59. The molecule has 1 fully saturated rings. The Morgan fingerprint density at radius 1 is 1.35 bits per heavy atom. The van der Waals surface area contributed by atoms with E-state index in [1.165, 1.54) is 25.3 Å². The van der Waals surface area contributed by atoms with Gasteiger partial charge in [0.05, 0.1) is 0 Å². The molecule has 17 heavy (non-hydrogen) atoms. The fraction of sp³-hybridized carbons (Fsp3) is 0.600. The van der Waals surface area contributed by atoms with Crippen LogP contribution in [0.5, 0.6) is 0 Å². The Hall–Kier alpha value is -0.890. The molecule has 2 atom stereocenters. The van der Waals surface area contributed by atoms with E-state index in [9.17, 15) is 4.39 Å². The highest BCUT2D eigenvalue weighted by Crippen LogP contribution is 2.38. The van der Waals surface area contributed by atoms with Crippen LogP contribution < -0.4 is 5.32 Å². The maximum Gasteiger partial charge on any atom is 0.127 e. The highest BCUT2D eigenvalue weighted by molar-refractivity contribution is 5.20. The van der Waals surface area contributed by atoms with Gasteiger partial charge in [0.15, 0.2) is 0 Å². The smallest absolute Gasteiger partial charge is 0.127 e. The van der Waals surface area contributed by atoms with Crippen molar-refractivity contribution in [1.29, 1.82) is 0 Å². The predicted molar refractivity (Wildman–Crippen MR) is 69.4 cm³/mol. The molecular formula is C15H22FN. The van der Waals surface area contributed by atoms with Crippen LogP contribution in [0.25, 0.3) is 0 Å². The molecule has 0 aliphatic heterocycles. The molecular weight excluding hydrogens is 213 g/mol.